The average molecular weight is 299 g/mol. The highest BCUT2D eigenvalue weighted by Gasteiger charge is 2.24. The second kappa shape index (κ2) is 6.21. The van der Waals surface area contributed by atoms with Crippen molar-refractivity contribution in [3.8, 4) is 0 Å². The van der Waals surface area contributed by atoms with Crippen LogP contribution in [0.1, 0.15) is 6.92 Å². The Morgan fingerprint density at radius 2 is 1.90 bits per heavy atom. The molecular weight excluding hydrogens is 282 g/mol. The summed E-state index contributed by atoms with van der Waals surface area (Å²) in [6, 6.07) is 6.55. The third-order valence-corrected chi connectivity index (χ3v) is 4.28. The van der Waals surface area contributed by atoms with Crippen LogP contribution in [0.2, 0.25) is 0 Å². The summed E-state index contributed by atoms with van der Waals surface area (Å²) in [4.78, 5) is 11.0. The number of ether oxygens (including phenoxy) is 1. The van der Waals surface area contributed by atoms with Gasteiger partial charge in [0.25, 0.3) is 0 Å². The van der Waals surface area contributed by atoms with Gasteiger partial charge in [0.2, 0.25) is 5.91 Å². The summed E-state index contributed by atoms with van der Waals surface area (Å²) >= 11 is 0. The molecule has 0 aliphatic carbocycles. The van der Waals surface area contributed by atoms with E-state index in [4.69, 9.17) is 4.74 Å². The standard InChI is InChI=1S/C12H17N3O4S/c1-10(16)13-11-3-2-4-12(9-11)14-20(17,18)15-5-7-19-8-6-15/h2-4,9,14H,5-8H2,1H3,(H,13,16). The highest BCUT2D eigenvalue weighted by Crippen LogP contribution is 2.17. The monoisotopic (exact) mass is 299 g/mol. The van der Waals surface area contributed by atoms with E-state index in [0.717, 1.165) is 0 Å². The van der Waals surface area contributed by atoms with E-state index >= 15 is 0 Å². The molecule has 2 rings (SSSR count). The van der Waals surface area contributed by atoms with E-state index in [1.807, 2.05) is 0 Å². The lowest BCUT2D eigenvalue weighted by Crippen LogP contribution is -2.43. The van der Waals surface area contributed by atoms with Gasteiger partial charge in [-0.05, 0) is 18.2 Å². The SMILES string of the molecule is CC(=O)Nc1cccc(NS(=O)(=O)N2CCOCC2)c1. The minimum atomic E-state index is -3.59. The van der Waals surface area contributed by atoms with Gasteiger partial charge in [0, 0.05) is 25.7 Å². The van der Waals surface area contributed by atoms with E-state index in [9.17, 15) is 13.2 Å². The van der Waals surface area contributed by atoms with E-state index in [-0.39, 0.29) is 5.91 Å². The van der Waals surface area contributed by atoms with Gasteiger partial charge in [-0.15, -0.1) is 0 Å². The lowest BCUT2D eigenvalue weighted by atomic mass is 10.3. The lowest BCUT2D eigenvalue weighted by Gasteiger charge is -2.26. The van der Waals surface area contributed by atoms with Gasteiger partial charge in [-0.2, -0.15) is 12.7 Å². The molecule has 0 unspecified atom stereocenters. The quantitative estimate of drug-likeness (QED) is 0.854. The summed E-state index contributed by atoms with van der Waals surface area (Å²) in [6.07, 6.45) is 0. The van der Waals surface area contributed by atoms with Crippen LogP contribution in [0, 0.1) is 0 Å². The topological polar surface area (TPSA) is 87.7 Å². The maximum absolute atomic E-state index is 12.2. The molecule has 0 spiro atoms. The Morgan fingerprint density at radius 3 is 2.55 bits per heavy atom. The molecule has 1 aromatic rings. The van der Waals surface area contributed by atoms with Crippen molar-refractivity contribution in [1.82, 2.24) is 4.31 Å². The number of anilines is 2. The Bertz CT molecular complexity index is 582. The highest BCUT2D eigenvalue weighted by molar-refractivity contribution is 7.90. The first-order valence-electron chi connectivity index (χ1n) is 6.21. The largest absolute Gasteiger partial charge is 0.379 e. The molecule has 110 valence electrons. The molecular formula is C12H17N3O4S. The van der Waals surface area contributed by atoms with Crippen LogP contribution in [0.25, 0.3) is 0 Å². The van der Waals surface area contributed by atoms with E-state index in [1.54, 1.807) is 24.3 Å². The summed E-state index contributed by atoms with van der Waals surface area (Å²) in [5, 5.41) is 2.60. The molecule has 0 saturated carbocycles. The van der Waals surface area contributed by atoms with Crippen LogP contribution in [0.3, 0.4) is 0 Å². The molecule has 1 heterocycles. The fourth-order valence-electron chi connectivity index (χ4n) is 1.86. The zero-order valence-electron chi connectivity index (χ0n) is 11.1. The predicted octanol–water partition coefficient (Wildman–Crippen LogP) is 0.634. The second-order valence-electron chi connectivity index (χ2n) is 4.38. The number of morpholine rings is 1. The molecule has 7 nitrogen and oxygen atoms in total. The zero-order chi connectivity index (χ0) is 14.6. The van der Waals surface area contributed by atoms with Gasteiger partial charge >= 0.3 is 10.2 Å². The summed E-state index contributed by atoms with van der Waals surface area (Å²) in [6.45, 7) is 2.85. The number of benzene rings is 1. The van der Waals surface area contributed by atoms with Crippen LogP contribution in [-0.4, -0.2) is 44.9 Å². The summed E-state index contributed by atoms with van der Waals surface area (Å²) in [5.74, 6) is -0.210. The van der Waals surface area contributed by atoms with Crippen molar-refractivity contribution in [2.24, 2.45) is 0 Å². The molecule has 0 aromatic heterocycles. The van der Waals surface area contributed by atoms with Gasteiger partial charge in [0.1, 0.15) is 0 Å². The molecule has 0 atom stereocenters. The van der Waals surface area contributed by atoms with E-state index < -0.39 is 10.2 Å². The highest BCUT2D eigenvalue weighted by atomic mass is 32.2. The zero-order valence-corrected chi connectivity index (χ0v) is 11.9. The number of carbonyl (C=O) groups is 1. The number of amides is 1. The Hall–Kier alpha value is -1.64. The van der Waals surface area contributed by atoms with Crippen LogP contribution < -0.4 is 10.0 Å². The molecule has 1 saturated heterocycles. The van der Waals surface area contributed by atoms with Crippen LogP contribution >= 0.6 is 0 Å². The number of hydrogen-bond donors (Lipinski definition) is 2. The Labute approximate surface area is 118 Å². The van der Waals surface area contributed by atoms with Crippen molar-refractivity contribution in [3.05, 3.63) is 24.3 Å². The third kappa shape index (κ3) is 3.92. The third-order valence-electron chi connectivity index (χ3n) is 2.74. The maximum Gasteiger partial charge on any atom is 0.301 e. The van der Waals surface area contributed by atoms with Gasteiger partial charge < -0.3 is 10.1 Å². The fraction of sp³-hybridized carbons (Fsp3) is 0.417. The summed E-state index contributed by atoms with van der Waals surface area (Å²) < 4.78 is 33.3. The first kappa shape index (κ1) is 14.8. The Morgan fingerprint density at radius 1 is 1.25 bits per heavy atom. The van der Waals surface area contributed by atoms with Crippen molar-refractivity contribution >= 4 is 27.5 Å². The van der Waals surface area contributed by atoms with Crippen molar-refractivity contribution in [2.45, 2.75) is 6.92 Å². The van der Waals surface area contributed by atoms with E-state index in [0.29, 0.717) is 37.7 Å². The molecule has 2 N–H and O–H groups in total. The molecule has 1 aromatic carbocycles. The molecule has 0 radical (unpaired) electrons. The minimum absolute atomic E-state index is 0.210. The summed E-state index contributed by atoms with van der Waals surface area (Å²) in [7, 11) is -3.59. The van der Waals surface area contributed by atoms with Gasteiger partial charge in [-0.25, -0.2) is 0 Å². The van der Waals surface area contributed by atoms with Crippen molar-refractivity contribution < 1.29 is 17.9 Å². The number of carbonyl (C=O) groups excluding carboxylic acids is 1. The minimum Gasteiger partial charge on any atom is -0.379 e. The number of nitrogens with one attached hydrogen (secondary N) is 2. The van der Waals surface area contributed by atoms with Crippen LogP contribution in [0.5, 0.6) is 0 Å². The summed E-state index contributed by atoms with van der Waals surface area (Å²) in [5.41, 5.74) is 0.947. The molecule has 1 aliphatic rings. The van der Waals surface area contributed by atoms with Gasteiger partial charge in [-0.1, -0.05) is 6.07 Å². The van der Waals surface area contributed by atoms with Crippen LogP contribution in [0.4, 0.5) is 11.4 Å². The average Bonchev–Trinajstić information content (AvgIpc) is 2.39. The molecule has 8 heteroatoms. The van der Waals surface area contributed by atoms with Gasteiger partial charge in [0.05, 0.1) is 18.9 Å². The normalized spacial score (nSPS) is 16.6. The maximum atomic E-state index is 12.2. The molecule has 1 amide bonds. The predicted molar refractivity (Wildman–Crippen MR) is 75.7 cm³/mol. The first-order valence-corrected chi connectivity index (χ1v) is 7.65. The van der Waals surface area contributed by atoms with Gasteiger partial charge in [0.15, 0.2) is 0 Å². The van der Waals surface area contributed by atoms with E-state index in [2.05, 4.69) is 10.0 Å². The number of rotatable bonds is 4. The Balaban J connectivity index is 2.10. The molecule has 20 heavy (non-hydrogen) atoms. The van der Waals surface area contributed by atoms with Crippen molar-refractivity contribution in [3.63, 3.8) is 0 Å². The molecule has 1 aliphatic heterocycles. The smallest absolute Gasteiger partial charge is 0.301 e. The number of hydrogen-bond acceptors (Lipinski definition) is 4. The van der Waals surface area contributed by atoms with Crippen LogP contribution in [0.15, 0.2) is 24.3 Å². The first-order chi connectivity index (χ1) is 9.47. The second-order valence-corrected chi connectivity index (χ2v) is 6.05. The Kier molecular flexibility index (Phi) is 4.58. The van der Waals surface area contributed by atoms with Crippen LogP contribution in [-0.2, 0) is 19.7 Å². The van der Waals surface area contributed by atoms with Crippen molar-refractivity contribution in [1.29, 1.82) is 0 Å². The van der Waals surface area contributed by atoms with Crippen molar-refractivity contribution in [2.75, 3.05) is 36.3 Å². The fourth-order valence-corrected chi connectivity index (χ4v) is 3.05. The molecule has 1 fully saturated rings. The van der Waals surface area contributed by atoms with Gasteiger partial charge in [-0.3, -0.25) is 9.52 Å². The molecule has 0 bridgehead atoms. The van der Waals surface area contributed by atoms with E-state index in [1.165, 1.54) is 11.2 Å². The number of nitrogens with zero attached hydrogens (tertiary/aromatic N) is 1. The lowest BCUT2D eigenvalue weighted by molar-refractivity contribution is -0.114.